The van der Waals surface area contributed by atoms with Crippen molar-refractivity contribution in [3.63, 3.8) is 0 Å². The summed E-state index contributed by atoms with van der Waals surface area (Å²) in [7, 11) is 3.95. The summed E-state index contributed by atoms with van der Waals surface area (Å²) in [4.78, 5) is 2.41. The molecule has 0 bridgehead atoms. The van der Waals surface area contributed by atoms with E-state index in [1.54, 1.807) is 7.11 Å². The highest BCUT2D eigenvalue weighted by molar-refractivity contribution is 5.59. The third-order valence-corrected chi connectivity index (χ3v) is 4.23. The minimum Gasteiger partial charge on any atom is -0.496 e. The van der Waals surface area contributed by atoms with Crippen LogP contribution in [0.25, 0.3) is 0 Å². The number of benzene rings is 1. The maximum atomic E-state index is 5.48. The van der Waals surface area contributed by atoms with E-state index >= 15 is 0 Å². The van der Waals surface area contributed by atoms with Gasteiger partial charge in [0, 0.05) is 17.8 Å². The molecule has 1 aromatic carbocycles. The average molecular weight is 262 g/mol. The zero-order chi connectivity index (χ0) is 13.8. The van der Waals surface area contributed by atoms with Gasteiger partial charge in [0.1, 0.15) is 5.75 Å². The Morgan fingerprint density at radius 2 is 1.95 bits per heavy atom. The first-order valence-electron chi connectivity index (χ1n) is 7.18. The molecule has 106 valence electrons. The van der Waals surface area contributed by atoms with Crippen molar-refractivity contribution in [1.82, 2.24) is 4.90 Å². The van der Waals surface area contributed by atoms with Gasteiger partial charge in [-0.15, -0.1) is 0 Å². The van der Waals surface area contributed by atoms with Gasteiger partial charge in [-0.1, -0.05) is 6.07 Å². The van der Waals surface area contributed by atoms with Crippen LogP contribution in [0.4, 0.5) is 5.69 Å². The van der Waals surface area contributed by atoms with E-state index in [4.69, 9.17) is 4.74 Å². The van der Waals surface area contributed by atoms with Crippen molar-refractivity contribution in [3.8, 4) is 5.75 Å². The lowest BCUT2D eigenvalue weighted by Crippen LogP contribution is -2.33. The van der Waals surface area contributed by atoms with Crippen LogP contribution < -0.4 is 10.1 Å². The predicted molar refractivity (Wildman–Crippen MR) is 81.2 cm³/mol. The Kier molecular flexibility index (Phi) is 4.70. The summed E-state index contributed by atoms with van der Waals surface area (Å²) in [6.07, 6.45) is 2.59. The Morgan fingerprint density at radius 1 is 1.26 bits per heavy atom. The number of hydrogen-bond acceptors (Lipinski definition) is 3. The Hall–Kier alpha value is -1.22. The molecule has 3 nitrogen and oxygen atoms in total. The number of likely N-dealkylation sites (tertiary alicyclic amines) is 1. The normalized spacial score (nSPS) is 17.5. The largest absolute Gasteiger partial charge is 0.496 e. The monoisotopic (exact) mass is 262 g/mol. The van der Waals surface area contributed by atoms with E-state index in [9.17, 15) is 0 Å². The first-order chi connectivity index (χ1) is 9.11. The van der Waals surface area contributed by atoms with Crippen LogP contribution >= 0.6 is 0 Å². The van der Waals surface area contributed by atoms with Gasteiger partial charge < -0.3 is 15.0 Å². The Balaban J connectivity index is 1.96. The molecule has 1 saturated heterocycles. The molecule has 1 aromatic rings. The van der Waals surface area contributed by atoms with Gasteiger partial charge in [0.15, 0.2) is 0 Å². The highest BCUT2D eigenvalue weighted by Crippen LogP contribution is 2.29. The molecule has 1 fully saturated rings. The fraction of sp³-hybridized carbons (Fsp3) is 0.625. The number of aryl methyl sites for hydroxylation is 1. The molecular weight excluding hydrogens is 236 g/mol. The zero-order valence-corrected chi connectivity index (χ0v) is 12.6. The van der Waals surface area contributed by atoms with Crippen LogP contribution in [0, 0.1) is 19.8 Å². The second-order valence-corrected chi connectivity index (χ2v) is 5.72. The lowest BCUT2D eigenvalue weighted by molar-refractivity contribution is 0.226. The predicted octanol–water partition coefficient (Wildman–Crippen LogP) is 3.07. The third-order valence-electron chi connectivity index (χ3n) is 4.23. The maximum Gasteiger partial charge on any atom is 0.126 e. The number of anilines is 1. The standard InChI is InChI=1S/C16H26N2O/c1-12-5-6-15(13(2)16(12)19-4)17-11-14-7-9-18(3)10-8-14/h5-6,14,17H,7-11H2,1-4H3. The lowest BCUT2D eigenvalue weighted by atomic mass is 9.97. The van der Waals surface area contributed by atoms with E-state index in [2.05, 4.69) is 43.2 Å². The van der Waals surface area contributed by atoms with E-state index in [1.807, 2.05) is 0 Å². The zero-order valence-electron chi connectivity index (χ0n) is 12.6. The van der Waals surface area contributed by atoms with Gasteiger partial charge in [-0.2, -0.15) is 0 Å². The molecule has 0 amide bonds. The van der Waals surface area contributed by atoms with Crippen molar-refractivity contribution in [3.05, 3.63) is 23.3 Å². The molecule has 1 aliphatic heterocycles. The first-order valence-corrected chi connectivity index (χ1v) is 7.18. The lowest BCUT2D eigenvalue weighted by Gasteiger charge is -2.29. The van der Waals surface area contributed by atoms with Gasteiger partial charge in [0.05, 0.1) is 7.11 Å². The molecule has 0 spiro atoms. The molecule has 0 aliphatic carbocycles. The summed E-state index contributed by atoms with van der Waals surface area (Å²) in [5.41, 5.74) is 3.63. The van der Waals surface area contributed by atoms with Gasteiger partial charge in [-0.05, 0) is 64.4 Å². The second-order valence-electron chi connectivity index (χ2n) is 5.72. The van der Waals surface area contributed by atoms with Crippen LogP contribution in [-0.4, -0.2) is 38.7 Å². The van der Waals surface area contributed by atoms with Crippen molar-refractivity contribution in [2.75, 3.05) is 39.1 Å². The minimum atomic E-state index is 0.794. The van der Waals surface area contributed by atoms with Crippen LogP contribution in [0.2, 0.25) is 0 Å². The molecule has 1 aliphatic rings. The van der Waals surface area contributed by atoms with Crippen LogP contribution in [-0.2, 0) is 0 Å². The number of nitrogens with one attached hydrogen (secondary N) is 1. The quantitative estimate of drug-likeness (QED) is 0.902. The Bertz CT molecular complexity index is 423. The Labute approximate surface area is 116 Å². The van der Waals surface area contributed by atoms with Crippen molar-refractivity contribution in [2.45, 2.75) is 26.7 Å². The summed E-state index contributed by atoms with van der Waals surface area (Å²) in [5, 5.41) is 3.60. The summed E-state index contributed by atoms with van der Waals surface area (Å²) < 4.78 is 5.48. The van der Waals surface area contributed by atoms with E-state index in [0.29, 0.717) is 0 Å². The van der Waals surface area contributed by atoms with Crippen molar-refractivity contribution < 1.29 is 4.74 Å². The molecule has 0 atom stereocenters. The topological polar surface area (TPSA) is 24.5 Å². The molecule has 1 heterocycles. The molecule has 0 radical (unpaired) electrons. The first kappa shape index (κ1) is 14.2. The molecule has 3 heteroatoms. The number of nitrogens with zero attached hydrogens (tertiary/aromatic N) is 1. The highest BCUT2D eigenvalue weighted by atomic mass is 16.5. The summed E-state index contributed by atoms with van der Waals surface area (Å²) in [6, 6.07) is 4.30. The number of piperidine rings is 1. The molecule has 2 rings (SSSR count). The molecule has 19 heavy (non-hydrogen) atoms. The van der Waals surface area contributed by atoms with Gasteiger partial charge in [-0.3, -0.25) is 0 Å². The van der Waals surface area contributed by atoms with Crippen LogP contribution in [0.15, 0.2) is 12.1 Å². The number of hydrogen-bond donors (Lipinski definition) is 1. The van der Waals surface area contributed by atoms with Crippen molar-refractivity contribution in [2.24, 2.45) is 5.92 Å². The highest BCUT2D eigenvalue weighted by Gasteiger charge is 2.17. The van der Waals surface area contributed by atoms with E-state index in [1.165, 1.54) is 42.7 Å². The molecule has 0 unspecified atom stereocenters. The van der Waals surface area contributed by atoms with Crippen LogP contribution in [0.5, 0.6) is 5.75 Å². The van der Waals surface area contributed by atoms with Crippen molar-refractivity contribution >= 4 is 5.69 Å². The van der Waals surface area contributed by atoms with E-state index < -0.39 is 0 Å². The third kappa shape index (κ3) is 3.41. The van der Waals surface area contributed by atoms with Crippen LogP contribution in [0.3, 0.4) is 0 Å². The summed E-state index contributed by atoms with van der Waals surface area (Å²) in [5.74, 6) is 1.80. The van der Waals surface area contributed by atoms with E-state index in [-0.39, 0.29) is 0 Å². The average Bonchev–Trinajstić information content (AvgIpc) is 2.40. The number of rotatable bonds is 4. The SMILES string of the molecule is COc1c(C)ccc(NCC2CCN(C)CC2)c1C. The van der Waals surface area contributed by atoms with Crippen LogP contribution in [0.1, 0.15) is 24.0 Å². The second kappa shape index (κ2) is 6.29. The van der Waals surface area contributed by atoms with Crippen molar-refractivity contribution in [1.29, 1.82) is 0 Å². The summed E-state index contributed by atoms with van der Waals surface area (Å²) in [6.45, 7) is 7.74. The van der Waals surface area contributed by atoms with Gasteiger partial charge in [0.2, 0.25) is 0 Å². The maximum absolute atomic E-state index is 5.48. The minimum absolute atomic E-state index is 0.794. The fourth-order valence-corrected chi connectivity index (χ4v) is 2.85. The number of methoxy groups -OCH3 is 1. The van der Waals surface area contributed by atoms with Gasteiger partial charge in [0.25, 0.3) is 0 Å². The Morgan fingerprint density at radius 3 is 2.58 bits per heavy atom. The molecule has 0 saturated carbocycles. The molecule has 1 N–H and O–H groups in total. The smallest absolute Gasteiger partial charge is 0.126 e. The molecule has 0 aromatic heterocycles. The van der Waals surface area contributed by atoms with E-state index in [0.717, 1.165) is 18.2 Å². The van der Waals surface area contributed by atoms with Gasteiger partial charge >= 0.3 is 0 Å². The molecular formula is C16H26N2O. The summed E-state index contributed by atoms with van der Waals surface area (Å²) >= 11 is 0. The van der Waals surface area contributed by atoms with Gasteiger partial charge in [-0.25, -0.2) is 0 Å². The number of ether oxygens (including phenoxy) is 1. The fourth-order valence-electron chi connectivity index (χ4n) is 2.85.